The number of para-hydroxylation sites is 1. The highest BCUT2D eigenvalue weighted by Gasteiger charge is 2.22. The van der Waals surface area contributed by atoms with Crippen molar-refractivity contribution in [3.63, 3.8) is 0 Å². The van der Waals surface area contributed by atoms with E-state index in [1.807, 2.05) is 6.92 Å². The van der Waals surface area contributed by atoms with E-state index < -0.39 is 0 Å². The summed E-state index contributed by atoms with van der Waals surface area (Å²) in [7, 11) is 0. The summed E-state index contributed by atoms with van der Waals surface area (Å²) in [6, 6.07) is 6.20. The van der Waals surface area contributed by atoms with Crippen molar-refractivity contribution in [2.45, 2.75) is 72.6 Å². The molecule has 25 heavy (non-hydrogen) atoms. The first-order valence-corrected chi connectivity index (χ1v) is 9.13. The molecule has 136 valence electrons. The molecule has 1 aromatic carbocycles. The lowest BCUT2D eigenvalue weighted by molar-refractivity contribution is -0.116. The van der Waals surface area contributed by atoms with E-state index in [-0.39, 0.29) is 11.3 Å². The average Bonchev–Trinajstić information content (AvgIpc) is 2.94. The van der Waals surface area contributed by atoms with Gasteiger partial charge in [0.15, 0.2) is 5.89 Å². The van der Waals surface area contributed by atoms with Gasteiger partial charge in [0.05, 0.1) is 5.69 Å². The van der Waals surface area contributed by atoms with Gasteiger partial charge in [0.1, 0.15) is 5.76 Å². The molecule has 1 aromatic heterocycles. The highest BCUT2D eigenvalue weighted by molar-refractivity contribution is 5.92. The summed E-state index contributed by atoms with van der Waals surface area (Å²) in [5.41, 5.74) is 4.08. The Bertz CT molecular complexity index is 717. The second-order valence-corrected chi connectivity index (χ2v) is 7.48. The minimum absolute atomic E-state index is 0.0173. The predicted molar refractivity (Wildman–Crippen MR) is 102 cm³/mol. The van der Waals surface area contributed by atoms with Crippen molar-refractivity contribution in [1.82, 2.24) is 4.98 Å². The number of hydrogen-bond acceptors (Lipinski definition) is 3. The minimum Gasteiger partial charge on any atom is -0.445 e. The van der Waals surface area contributed by atoms with Crippen LogP contribution in [0.1, 0.15) is 69.5 Å². The molecule has 2 rings (SSSR count). The largest absolute Gasteiger partial charge is 0.445 e. The van der Waals surface area contributed by atoms with Crippen molar-refractivity contribution in [3.05, 3.63) is 46.7 Å². The Morgan fingerprint density at radius 1 is 1.16 bits per heavy atom. The number of oxazole rings is 1. The predicted octanol–water partition coefficient (Wildman–Crippen LogP) is 4.98. The maximum absolute atomic E-state index is 12.5. The Kier molecular flexibility index (Phi) is 6.04. The Hall–Kier alpha value is -2.10. The fraction of sp³-hybridized carbons (Fsp3) is 0.524. The van der Waals surface area contributed by atoms with Crippen LogP contribution in [-0.4, -0.2) is 10.9 Å². The van der Waals surface area contributed by atoms with E-state index in [1.54, 1.807) is 0 Å². The number of aryl methyl sites for hydroxylation is 4. The van der Waals surface area contributed by atoms with E-state index in [1.165, 1.54) is 11.1 Å². The number of rotatable bonds is 6. The molecule has 0 spiro atoms. The highest BCUT2D eigenvalue weighted by atomic mass is 16.4. The molecule has 4 heteroatoms. The first kappa shape index (κ1) is 19.2. The average molecular weight is 342 g/mol. The summed E-state index contributed by atoms with van der Waals surface area (Å²) in [5.74, 6) is 1.55. The van der Waals surface area contributed by atoms with E-state index in [2.05, 4.69) is 63.1 Å². The van der Waals surface area contributed by atoms with Gasteiger partial charge in [-0.2, -0.15) is 0 Å². The maximum Gasteiger partial charge on any atom is 0.224 e. The van der Waals surface area contributed by atoms with Gasteiger partial charge >= 0.3 is 0 Å². The minimum atomic E-state index is -0.124. The second kappa shape index (κ2) is 7.85. The van der Waals surface area contributed by atoms with Crippen molar-refractivity contribution in [3.8, 4) is 0 Å². The number of anilines is 1. The van der Waals surface area contributed by atoms with Gasteiger partial charge in [0.25, 0.3) is 0 Å². The van der Waals surface area contributed by atoms with Crippen LogP contribution in [0, 0.1) is 6.92 Å². The number of benzene rings is 1. The highest BCUT2D eigenvalue weighted by Crippen LogP contribution is 2.25. The van der Waals surface area contributed by atoms with Crippen LogP contribution in [0.15, 0.2) is 22.6 Å². The van der Waals surface area contributed by atoms with Crippen molar-refractivity contribution in [2.24, 2.45) is 0 Å². The second-order valence-electron chi connectivity index (χ2n) is 7.48. The van der Waals surface area contributed by atoms with Crippen LogP contribution in [0.3, 0.4) is 0 Å². The molecule has 2 aromatic rings. The Morgan fingerprint density at radius 3 is 2.24 bits per heavy atom. The molecule has 0 atom stereocenters. The summed E-state index contributed by atoms with van der Waals surface area (Å²) in [4.78, 5) is 17.0. The van der Waals surface area contributed by atoms with Gasteiger partial charge < -0.3 is 9.73 Å². The van der Waals surface area contributed by atoms with Crippen LogP contribution >= 0.6 is 0 Å². The fourth-order valence-electron chi connectivity index (χ4n) is 2.81. The maximum atomic E-state index is 12.5. The van der Waals surface area contributed by atoms with Crippen LogP contribution in [0.5, 0.6) is 0 Å². The number of nitrogens with zero attached hydrogens (tertiary/aromatic N) is 1. The van der Waals surface area contributed by atoms with Gasteiger partial charge in [-0.1, -0.05) is 52.8 Å². The lowest BCUT2D eigenvalue weighted by atomic mass is 9.97. The molecule has 0 unspecified atom stereocenters. The number of amides is 1. The topological polar surface area (TPSA) is 55.1 Å². The molecule has 1 heterocycles. The molecule has 0 saturated heterocycles. The fourth-order valence-corrected chi connectivity index (χ4v) is 2.81. The first-order valence-electron chi connectivity index (χ1n) is 9.13. The van der Waals surface area contributed by atoms with E-state index in [0.717, 1.165) is 35.9 Å². The summed E-state index contributed by atoms with van der Waals surface area (Å²) in [5, 5.41) is 3.11. The summed E-state index contributed by atoms with van der Waals surface area (Å²) in [6.45, 7) is 12.4. The third kappa shape index (κ3) is 4.71. The van der Waals surface area contributed by atoms with Gasteiger partial charge in [-0.15, -0.1) is 0 Å². The van der Waals surface area contributed by atoms with Crippen LogP contribution in [-0.2, 0) is 29.5 Å². The zero-order valence-corrected chi connectivity index (χ0v) is 16.3. The Morgan fingerprint density at radius 2 is 1.76 bits per heavy atom. The molecule has 0 bridgehead atoms. The normalized spacial score (nSPS) is 11.6. The third-order valence-electron chi connectivity index (χ3n) is 4.38. The number of nitrogens with one attached hydrogen (secondary N) is 1. The summed E-state index contributed by atoms with van der Waals surface area (Å²) < 4.78 is 5.88. The van der Waals surface area contributed by atoms with Crippen molar-refractivity contribution in [1.29, 1.82) is 0 Å². The van der Waals surface area contributed by atoms with Crippen LogP contribution in [0.2, 0.25) is 0 Å². The molecule has 1 N–H and O–H groups in total. The van der Waals surface area contributed by atoms with E-state index in [0.29, 0.717) is 12.8 Å². The molecule has 0 aliphatic rings. The quantitative estimate of drug-likeness (QED) is 0.806. The molecule has 0 saturated carbocycles. The number of hydrogen-bond donors (Lipinski definition) is 1. The van der Waals surface area contributed by atoms with Crippen molar-refractivity contribution >= 4 is 11.6 Å². The molecular formula is C21H30N2O2. The Labute approximate surface area is 151 Å². The third-order valence-corrected chi connectivity index (χ3v) is 4.38. The first-order chi connectivity index (χ1) is 11.8. The molecule has 0 aliphatic heterocycles. The molecule has 0 radical (unpaired) electrons. The lowest BCUT2D eigenvalue weighted by Crippen LogP contribution is -2.15. The van der Waals surface area contributed by atoms with Crippen molar-refractivity contribution in [2.75, 3.05) is 5.32 Å². The molecule has 0 fully saturated rings. The molecule has 1 amide bonds. The van der Waals surface area contributed by atoms with E-state index >= 15 is 0 Å². The van der Waals surface area contributed by atoms with E-state index in [9.17, 15) is 4.79 Å². The van der Waals surface area contributed by atoms with Crippen LogP contribution in [0.25, 0.3) is 0 Å². The van der Waals surface area contributed by atoms with Crippen LogP contribution in [0.4, 0.5) is 5.69 Å². The zero-order valence-electron chi connectivity index (χ0n) is 16.3. The number of carbonyl (C=O) groups excluding carboxylic acids is 1. The monoisotopic (exact) mass is 342 g/mol. The molecule has 4 nitrogen and oxygen atoms in total. The van der Waals surface area contributed by atoms with E-state index in [4.69, 9.17) is 4.42 Å². The molecule has 0 aliphatic carbocycles. The van der Waals surface area contributed by atoms with Gasteiger partial charge in [0.2, 0.25) is 5.91 Å². The SMILES string of the molecule is CCc1cccc(CC)c1NC(=O)CCc1oc(C(C)(C)C)nc1C. The van der Waals surface area contributed by atoms with Gasteiger partial charge in [0, 0.05) is 23.9 Å². The summed E-state index contributed by atoms with van der Waals surface area (Å²) >= 11 is 0. The number of aromatic nitrogens is 1. The number of carbonyl (C=O) groups is 1. The molecular weight excluding hydrogens is 312 g/mol. The standard InChI is InChI=1S/C21H30N2O2/c1-7-15-10-9-11-16(8-2)19(15)23-18(24)13-12-17-14(3)22-20(25-17)21(4,5)6/h9-11H,7-8,12-13H2,1-6H3,(H,23,24). The van der Waals surface area contributed by atoms with Gasteiger partial charge in [-0.25, -0.2) is 4.98 Å². The van der Waals surface area contributed by atoms with Gasteiger partial charge in [-0.05, 0) is 30.9 Å². The summed E-state index contributed by atoms with van der Waals surface area (Å²) in [6.07, 6.45) is 2.76. The lowest BCUT2D eigenvalue weighted by Gasteiger charge is -2.14. The zero-order chi connectivity index (χ0) is 18.6. The smallest absolute Gasteiger partial charge is 0.224 e. The van der Waals surface area contributed by atoms with Crippen LogP contribution < -0.4 is 5.32 Å². The van der Waals surface area contributed by atoms with Gasteiger partial charge in [-0.3, -0.25) is 4.79 Å². The Balaban J connectivity index is 2.06. The van der Waals surface area contributed by atoms with Crippen molar-refractivity contribution < 1.29 is 9.21 Å².